The molecule has 0 aliphatic rings. The van der Waals surface area contributed by atoms with Crippen molar-refractivity contribution in [3.63, 3.8) is 0 Å². The van der Waals surface area contributed by atoms with Gasteiger partial charge in [-0.15, -0.1) is 0 Å². The molecule has 0 aliphatic carbocycles. The van der Waals surface area contributed by atoms with Crippen LogP contribution in [0.2, 0.25) is 5.15 Å². The minimum absolute atomic E-state index is 0.155. The van der Waals surface area contributed by atoms with Crippen LogP contribution in [0.5, 0.6) is 0 Å². The molecule has 4 heteroatoms. The van der Waals surface area contributed by atoms with Gasteiger partial charge in [-0.2, -0.15) is 0 Å². The first-order chi connectivity index (χ1) is 8.02. The SMILES string of the molecule is CC(C)OC(=O)c1c(Cl)n(C)c2ccccc12. The summed E-state index contributed by atoms with van der Waals surface area (Å²) in [6.45, 7) is 3.63. The Bertz CT molecular complexity index is 572. The van der Waals surface area contributed by atoms with Crippen molar-refractivity contribution in [2.45, 2.75) is 20.0 Å². The Morgan fingerprint density at radius 1 is 1.35 bits per heavy atom. The van der Waals surface area contributed by atoms with Crippen molar-refractivity contribution >= 4 is 28.5 Å². The Labute approximate surface area is 105 Å². The van der Waals surface area contributed by atoms with Crippen molar-refractivity contribution in [2.24, 2.45) is 7.05 Å². The Kier molecular flexibility index (Phi) is 3.11. The number of rotatable bonds is 2. The molecule has 1 heterocycles. The van der Waals surface area contributed by atoms with Crippen LogP contribution in [0.3, 0.4) is 0 Å². The van der Waals surface area contributed by atoms with Crippen molar-refractivity contribution < 1.29 is 9.53 Å². The van der Waals surface area contributed by atoms with E-state index in [4.69, 9.17) is 16.3 Å². The van der Waals surface area contributed by atoms with E-state index in [-0.39, 0.29) is 12.1 Å². The molecule has 2 rings (SSSR count). The number of nitrogens with zero attached hydrogens (tertiary/aromatic N) is 1. The number of carbonyl (C=O) groups is 1. The number of hydrogen-bond donors (Lipinski definition) is 0. The van der Waals surface area contributed by atoms with E-state index in [1.165, 1.54) is 0 Å². The summed E-state index contributed by atoms with van der Waals surface area (Å²) in [5.41, 5.74) is 1.37. The Hall–Kier alpha value is -1.48. The maximum Gasteiger partial charge on any atom is 0.342 e. The first-order valence-corrected chi connectivity index (χ1v) is 5.84. The zero-order valence-corrected chi connectivity index (χ0v) is 10.8. The molecule has 0 spiro atoms. The fourth-order valence-corrected chi connectivity index (χ4v) is 2.10. The van der Waals surface area contributed by atoms with Crippen molar-refractivity contribution in [1.82, 2.24) is 4.57 Å². The van der Waals surface area contributed by atoms with Crippen LogP contribution >= 0.6 is 11.6 Å². The maximum atomic E-state index is 12.0. The highest BCUT2D eigenvalue weighted by Crippen LogP contribution is 2.29. The summed E-state index contributed by atoms with van der Waals surface area (Å²) in [6, 6.07) is 7.59. The maximum absolute atomic E-state index is 12.0. The molecule has 0 aliphatic heterocycles. The average Bonchev–Trinajstić information content (AvgIpc) is 2.51. The fourth-order valence-electron chi connectivity index (χ4n) is 1.83. The molecule has 2 aromatic rings. The van der Waals surface area contributed by atoms with Crippen molar-refractivity contribution in [3.05, 3.63) is 35.0 Å². The third-order valence-corrected chi connectivity index (χ3v) is 3.02. The number of aryl methyl sites for hydroxylation is 1. The molecule has 0 unspecified atom stereocenters. The number of benzene rings is 1. The van der Waals surface area contributed by atoms with Gasteiger partial charge in [0.15, 0.2) is 0 Å². The van der Waals surface area contributed by atoms with Gasteiger partial charge in [-0.1, -0.05) is 29.8 Å². The lowest BCUT2D eigenvalue weighted by Crippen LogP contribution is -2.11. The van der Waals surface area contributed by atoms with Crippen LogP contribution in [0.1, 0.15) is 24.2 Å². The zero-order chi connectivity index (χ0) is 12.6. The Morgan fingerprint density at radius 2 is 2.00 bits per heavy atom. The fraction of sp³-hybridized carbons (Fsp3) is 0.308. The standard InChI is InChI=1S/C13H14ClNO2/c1-8(2)17-13(16)11-9-6-4-5-7-10(9)15(3)12(11)14/h4-8H,1-3H3. The van der Waals surface area contributed by atoms with Crippen LogP contribution < -0.4 is 0 Å². The topological polar surface area (TPSA) is 31.2 Å². The van der Waals surface area contributed by atoms with Gasteiger partial charge in [0, 0.05) is 18.0 Å². The van der Waals surface area contributed by atoms with Gasteiger partial charge in [0.2, 0.25) is 0 Å². The quantitative estimate of drug-likeness (QED) is 0.766. The molecule has 0 saturated heterocycles. The predicted octanol–water partition coefficient (Wildman–Crippen LogP) is 3.40. The van der Waals surface area contributed by atoms with E-state index in [0.29, 0.717) is 10.7 Å². The summed E-state index contributed by atoms with van der Waals surface area (Å²) in [5, 5.41) is 1.24. The number of aromatic nitrogens is 1. The van der Waals surface area contributed by atoms with Gasteiger partial charge in [-0.3, -0.25) is 0 Å². The largest absolute Gasteiger partial charge is 0.459 e. The van der Waals surface area contributed by atoms with Crippen molar-refractivity contribution in [1.29, 1.82) is 0 Å². The molecule has 17 heavy (non-hydrogen) atoms. The Morgan fingerprint density at radius 3 is 2.65 bits per heavy atom. The summed E-state index contributed by atoms with van der Waals surface area (Å²) in [6.07, 6.45) is -0.155. The Balaban J connectivity index is 2.61. The molecular formula is C13H14ClNO2. The summed E-state index contributed by atoms with van der Waals surface area (Å²) < 4.78 is 6.99. The van der Waals surface area contributed by atoms with Crippen molar-refractivity contribution in [3.8, 4) is 0 Å². The normalized spacial score (nSPS) is 11.1. The van der Waals surface area contributed by atoms with E-state index in [1.807, 2.05) is 45.2 Å². The van der Waals surface area contributed by atoms with Crippen LogP contribution in [0.25, 0.3) is 10.9 Å². The van der Waals surface area contributed by atoms with Crippen LogP contribution in [-0.2, 0) is 11.8 Å². The lowest BCUT2D eigenvalue weighted by Gasteiger charge is -2.07. The van der Waals surface area contributed by atoms with Crippen LogP contribution in [0.4, 0.5) is 0 Å². The summed E-state index contributed by atoms with van der Waals surface area (Å²) in [7, 11) is 1.83. The molecule has 0 fully saturated rings. The molecule has 1 aromatic heterocycles. The number of fused-ring (bicyclic) bond motifs is 1. The second-order valence-electron chi connectivity index (χ2n) is 4.20. The summed E-state index contributed by atoms with van der Waals surface area (Å²) >= 11 is 6.18. The van der Waals surface area contributed by atoms with Crippen LogP contribution in [-0.4, -0.2) is 16.6 Å². The number of esters is 1. The van der Waals surface area contributed by atoms with Gasteiger partial charge in [0.05, 0.1) is 6.10 Å². The van der Waals surface area contributed by atoms with E-state index in [2.05, 4.69) is 0 Å². The van der Waals surface area contributed by atoms with E-state index in [9.17, 15) is 4.79 Å². The second kappa shape index (κ2) is 4.41. The minimum atomic E-state index is -0.373. The molecule has 0 radical (unpaired) electrons. The lowest BCUT2D eigenvalue weighted by atomic mass is 10.2. The number of hydrogen-bond acceptors (Lipinski definition) is 2. The van der Waals surface area contributed by atoms with Gasteiger partial charge >= 0.3 is 5.97 Å². The van der Waals surface area contributed by atoms with Crippen LogP contribution in [0, 0.1) is 0 Å². The van der Waals surface area contributed by atoms with Gasteiger partial charge in [0.1, 0.15) is 10.7 Å². The minimum Gasteiger partial charge on any atom is -0.459 e. The van der Waals surface area contributed by atoms with Gasteiger partial charge < -0.3 is 9.30 Å². The van der Waals surface area contributed by atoms with E-state index < -0.39 is 0 Å². The number of carbonyl (C=O) groups excluding carboxylic acids is 1. The molecule has 90 valence electrons. The highest BCUT2D eigenvalue weighted by Gasteiger charge is 2.21. The van der Waals surface area contributed by atoms with Gasteiger partial charge in [-0.25, -0.2) is 4.79 Å². The molecule has 0 atom stereocenters. The molecule has 0 amide bonds. The monoisotopic (exact) mass is 251 g/mol. The van der Waals surface area contributed by atoms with E-state index in [0.717, 1.165) is 10.9 Å². The van der Waals surface area contributed by atoms with Gasteiger partial charge in [0.25, 0.3) is 0 Å². The van der Waals surface area contributed by atoms with E-state index in [1.54, 1.807) is 4.57 Å². The molecule has 0 saturated carbocycles. The first kappa shape index (κ1) is 12.0. The zero-order valence-electron chi connectivity index (χ0n) is 10.0. The molecule has 3 nitrogen and oxygen atoms in total. The van der Waals surface area contributed by atoms with E-state index >= 15 is 0 Å². The summed E-state index contributed by atoms with van der Waals surface area (Å²) in [5.74, 6) is -0.373. The highest BCUT2D eigenvalue weighted by molar-refractivity contribution is 6.35. The second-order valence-corrected chi connectivity index (χ2v) is 4.55. The molecular weight excluding hydrogens is 238 g/mol. The smallest absolute Gasteiger partial charge is 0.342 e. The molecule has 1 aromatic carbocycles. The predicted molar refractivity (Wildman–Crippen MR) is 68.5 cm³/mol. The third-order valence-electron chi connectivity index (χ3n) is 2.58. The molecule has 0 N–H and O–H groups in total. The van der Waals surface area contributed by atoms with Crippen molar-refractivity contribution in [2.75, 3.05) is 0 Å². The number of halogens is 1. The first-order valence-electron chi connectivity index (χ1n) is 5.46. The number of para-hydroxylation sites is 1. The lowest BCUT2D eigenvalue weighted by molar-refractivity contribution is 0.0380. The van der Waals surface area contributed by atoms with Gasteiger partial charge in [-0.05, 0) is 19.9 Å². The molecule has 0 bridgehead atoms. The van der Waals surface area contributed by atoms with Crippen LogP contribution in [0.15, 0.2) is 24.3 Å². The average molecular weight is 252 g/mol. The summed E-state index contributed by atoms with van der Waals surface area (Å²) in [4.78, 5) is 12.0. The third kappa shape index (κ3) is 2.03. The highest BCUT2D eigenvalue weighted by atomic mass is 35.5. The number of ether oxygens (including phenoxy) is 1.